The zero-order valence-electron chi connectivity index (χ0n) is 21.0. The van der Waals surface area contributed by atoms with Gasteiger partial charge in [0, 0.05) is 17.2 Å². The van der Waals surface area contributed by atoms with Gasteiger partial charge in [-0.3, -0.25) is 9.59 Å². The van der Waals surface area contributed by atoms with E-state index in [1.165, 1.54) is 10.6 Å². The van der Waals surface area contributed by atoms with Crippen molar-refractivity contribution in [1.82, 2.24) is 24.9 Å². The molecule has 0 bridgehead atoms. The van der Waals surface area contributed by atoms with Crippen LogP contribution in [-0.4, -0.2) is 32.6 Å². The summed E-state index contributed by atoms with van der Waals surface area (Å²) in [6.07, 6.45) is 1.56. The highest BCUT2D eigenvalue weighted by Gasteiger charge is 2.48. The summed E-state index contributed by atoms with van der Waals surface area (Å²) < 4.78 is 12.7. The minimum absolute atomic E-state index is 0.0163. The lowest BCUT2D eigenvalue weighted by Gasteiger charge is -2.21. The van der Waals surface area contributed by atoms with Crippen molar-refractivity contribution in [1.29, 1.82) is 0 Å². The zero-order valence-corrected chi connectivity index (χ0v) is 21.7. The van der Waals surface area contributed by atoms with Crippen LogP contribution in [0.1, 0.15) is 34.5 Å². The summed E-state index contributed by atoms with van der Waals surface area (Å²) in [7, 11) is 1.61. The topological polar surface area (TPSA) is 111 Å². The Labute approximate surface area is 228 Å². The molecule has 10 heteroatoms. The van der Waals surface area contributed by atoms with Crippen molar-refractivity contribution in [3.05, 3.63) is 111 Å². The van der Waals surface area contributed by atoms with Crippen LogP contribution in [0, 0.1) is 0 Å². The molecule has 2 heterocycles. The Morgan fingerprint density at radius 1 is 1.05 bits per heavy atom. The van der Waals surface area contributed by atoms with Gasteiger partial charge in [-0.25, -0.2) is 0 Å². The molecule has 0 aliphatic heterocycles. The molecule has 1 fully saturated rings. The van der Waals surface area contributed by atoms with Crippen LogP contribution < -0.4 is 20.3 Å². The maximum Gasteiger partial charge on any atom is 0.276 e. The van der Waals surface area contributed by atoms with Gasteiger partial charge in [0.2, 0.25) is 5.78 Å². The van der Waals surface area contributed by atoms with Crippen LogP contribution in [0.2, 0.25) is 5.02 Å². The largest absolute Gasteiger partial charge is 0.496 e. The van der Waals surface area contributed by atoms with Gasteiger partial charge in [-0.05, 0) is 31.0 Å². The zero-order chi connectivity index (χ0) is 27.0. The number of aromatic nitrogens is 4. The highest BCUT2D eigenvalue weighted by molar-refractivity contribution is 6.34. The third kappa shape index (κ3) is 4.72. The molecule has 0 atom stereocenters. The Morgan fingerprint density at radius 3 is 2.56 bits per heavy atom. The molecule has 1 amide bonds. The first-order chi connectivity index (χ1) is 19.0. The molecule has 39 heavy (non-hydrogen) atoms. The number of carbonyl (C=O) groups excluding carboxylic acids is 1. The van der Waals surface area contributed by atoms with Crippen LogP contribution in [-0.2, 0) is 12.1 Å². The lowest BCUT2D eigenvalue weighted by molar-refractivity contribution is 0.0925. The molecule has 0 unspecified atom stereocenters. The number of methoxy groups -OCH3 is 1. The highest BCUT2D eigenvalue weighted by Crippen LogP contribution is 2.49. The minimum atomic E-state index is -0.527. The summed E-state index contributed by atoms with van der Waals surface area (Å²) in [5, 5.41) is 7.71. The maximum absolute atomic E-state index is 13.5. The van der Waals surface area contributed by atoms with Gasteiger partial charge >= 0.3 is 0 Å². The molecule has 1 saturated carbocycles. The predicted octanol–water partition coefficient (Wildman–Crippen LogP) is 4.74. The monoisotopic (exact) mass is 541 g/mol. The van der Waals surface area contributed by atoms with E-state index in [4.69, 9.17) is 21.1 Å². The molecule has 2 aromatic heterocycles. The number of benzene rings is 3. The van der Waals surface area contributed by atoms with Crippen molar-refractivity contribution in [2.45, 2.75) is 25.0 Å². The van der Waals surface area contributed by atoms with Gasteiger partial charge in [-0.1, -0.05) is 66.2 Å². The summed E-state index contributed by atoms with van der Waals surface area (Å²) in [5.74, 6) is 1.38. The fourth-order valence-corrected chi connectivity index (χ4v) is 4.88. The molecule has 5 aromatic rings. The molecule has 0 spiro atoms. The number of H-pyrrole nitrogens is 1. The number of carbonyl (C=O) groups is 1. The summed E-state index contributed by atoms with van der Waals surface area (Å²) in [4.78, 5) is 33.8. The van der Waals surface area contributed by atoms with Crippen molar-refractivity contribution in [2.75, 3.05) is 7.11 Å². The third-order valence-electron chi connectivity index (χ3n) is 6.73. The normalized spacial score (nSPS) is 13.7. The molecule has 0 saturated heterocycles. The van der Waals surface area contributed by atoms with Gasteiger partial charge in [0.1, 0.15) is 18.1 Å². The van der Waals surface area contributed by atoms with Gasteiger partial charge in [-0.15, -0.1) is 5.10 Å². The molecule has 6 rings (SSSR count). The number of nitrogens with zero attached hydrogens (tertiary/aromatic N) is 3. The fraction of sp³-hybridized carbons (Fsp3) is 0.172. The first-order valence-electron chi connectivity index (χ1n) is 12.4. The van der Waals surface area contributed by atoms with E-state index in [-0.39, 0.29) is 34.4 Å². The summed E-state index contributed by atoms with van der Waals surface area (Å²) >= 11 is 6.48. The molecular weight excluding hydrogens is 518 g/mol. The van der Waals surface area contributed by atoms with Crippen molar-refractivity contribution >= 4 is 23.3 Å². The third-order valence-corrected chi connectivity index (χ3v) is 7.04. The molecule has 0 radical (unpaired) electrons. The summed E-state index contributed by atoms with van der Waals surface area (Å²) in [5.41, 5.74) is 1.53. The smallest absolute Gasteiger partial charge is 0.276 e. The molecule has 2 N–H and O–H groups in total. The van der Waals surface area contributed by atoms with Gasteiger partial charge in [0.25, 0.3) is 11.5 Å². The average Bonchev–Trinajstić information content (AvgIpc) is 3.59. The number of nitrogens with one attached hydrogen (secondary N) is 2. The highest BCUT2D eigenvalue weighted by atomic mass is 35.5. The van der Waals surface area contributed by atoms with Gasteiger partial charge in [0.05, 0.1) is 28.9 Å². The maximum atomic E-state index is 13.5. The van der Waals surface area contributed by atoms with Crippen LogP contribution >= 0.6 is 11.6 Å². The van der Waals surface area contributed by atoms with Crippen LogP contribution in [0.4, 0.5) is 0 Å². The second-order valence-electron chi connectivity index (χ2n) is 9.31. The molecule has 3 aromatic carbocycles. The molecule has 1 aliphatic carbocycles. The number of hydrogen-bond acceptors (Lipinski definition) is 6. The van der Waals surface area contributed by atoms with Crippen molar-refractivity contribution in [2.24, 2.45) is 0 Å². The number of ether oxygens (including phenoxy) is 2. The Morgan fingerprint density at radius 2 is 1.79 bits per heavy atom. The quantitative estimate of drug-likeness (QED) is 0.293. The predicted molar refractivity (Wildman–Crippen MR) is 146 cm³/mol. The van der Waals surface area contributed by atoms with E-state index in [1.54, 1.807) is 25.3 Å². The van der Waals surface area contributed by atoms with E-state index < -0.39 is 5.54 Å². The number of halogens is 1. The Balaban J connectivity index is 1.24. The SMILES string of the molecule is COc1ccccc1C1(NC(=O)c2c(Cl)cccc2OCc2cc(=O)n3nc(-c4ccccc4)nc3[nH]2)CC1. The van der Waals surface area contributed by atoms with Crippen molar-refractivity contribution in [3.63, 3.8) is 0 Å². The van der Waals surface area contributed by atoms with E-state index in [1.807, 2.05) is 54.6 Å². The minimum Gasteiger partial charge on any atom is -0.496 e. The molecular formula is C29H24ClN5O4. The molecule has 9 nitrogen and oxygen atoms in total. The van der Waals surface area contributed by atoms with Crippen molar-refractivity contribution in [3.8, 4) is 22.9 Å². The summed E-state index contributed by atoms with van der Waals surface area (Å²) in [6.45, 7) is -0.0163. The second-order valence-corrected chi connectivity index (χ2v) is 9.72. The van der Waals surface area contributed by atoms with Crippen LogP contribution in [0.5, 0.6) is 11.5 Å². The molecule has 196 valence electrons. The van der Waals surface area contributed by atoms with E-state index in [2.05, 4.69) is 20.4 Å². The van der Waals surface area contributed by atoms with Gasteiger partial charge < -0.3 is 19.8 Å². The number of fused-ring (bicyclic) bond motifs is 1. The van der Waals surface area contributed by atoms with E-state index in [0.29, 0.717) is 23.0 Å². The average molecular weight is 542 g/mol. The van der Waals surface area contributed by atoms with Crippen LogP contribution in [0.25, 0.3) is 17.2 Å². The Bertz CT molecular complexity index is 1740. The van der Waals surface area contributed by atoms with Gasteiger partial charge in [-0.2, -0.15) is 9.50 Å². The number of rotatable bonds is 8. The van der Waals surface area contributed by atoms with Crippen molar-refractivity contribution < 1.29 is 14.3 Å². The van der Waals surface area contributed by atoms with Crippen LogP contribution in [0.15, 0.2) is 83.7 Å². The second kappa shape index (κ2) is 9.92. The summed E-state index contributed by atoms with van der Waals surface area (Å²) in [6, 6.07) is 23.4. The number of amides is 1. The number of aromatic amines is 1. The number of para-hydroxylation sites is 1. The standard InChI is InChI=1S/C29H24ClN5O4/c1-38-22-12-6-5-10-20(22)29(14-15-29)33-27(37)25-21(30)11-7-13-23(25)39-17-19-16-24(36)35-28(31-19)32-26(34-35)18-8-3-2-4-9-18/h2-13,16H,14-15,17H2,1H3,(H,33,37)(H,31,32,34). The van der Waals surface area contributed by atoms with E-state index in [9.17, 15) is 9.59 Å². The van der Waals surface area contributed by atoms with Crippen LogP contribution in [0.3, 0.4) is 0 Å². The van der Waals surface area contributed by atoms with E-state index in [0.717, 1.165) is 24.0 Å². The lowest BCUT2D eigenvalue weighted by Crippen LogP contribution is -2.35. The number of hydrogen-bond donors (Lipinski definition) is 2. The Hall–Kier alpha value is -4.63. The first-order valence-corrected chi connectivity index (χ1v) is 12.8. The fourth-order valence-electron chi connectivity index (χ4n) is 4.63. The lowest BCUT2D eigenvalue weighted by atomic mass is 10.0. The first kappa shape index (κ1) is 24.7. The molecule has 1 aliphatic rings. The van der Waals surface area contributed by atoms with E-state index >= 15 is 0 Å². The van der Waals surface area contributed by atoms with Gasteiger partial charge in [0.15, 0.2) is 5.82 Å². The Kier molecular flexibility index (Phi) is 6.28.